The predicted molar refractivity (Wildman–Crippen MR) is 92.0 cm³/mol. The van der Waals surface area contributed by atoms with E-state index < -0.39 is 34.4 Å². The number of urea groups is 1. The minimum atomic E-state index is -4.81. The van der Waals surface area contributed by atoms with Crippen LogP contribution < -0.4 is 5.48 Å². The van der Waals surface area contributed by atoms with E-state index in [9.17, 15) is 18.0 Å². The highest BCUT2D eigenvalue weighted by molar-refractivity contribution is 7.80. The molecule has 0 spiro atoms. The van der Waals surface area contributed by atoms with Crippen molar-refractivity contribution in [1.82, 2.24) is 20.3 Å². The largest absolute Gasteiger partial charge is 0.418 e. The van der Waals surface area contributed by atoms with Crippen LogP contribution in [0, 0.1) is 0 Å². The lowest BCUT2D eigenvalue weighted by atomic mass is 10.0. The van der Waals surface area contributed by atoms with Gasteiger partial charge >= 0.3 is 16.4 Å². The van der Waals surface area contributed by atoms with Crippen molar-refractivity contribution < 1.29 is 31.7 Å². The number of piperidine rings is 2. The number of hydrogen-bond acceptors (Lipinski definition) is 7. The van der Waals surface area contributed by atoms with Crippen molar-refractivity contribution >= 4 is 22.3 Å². The first-order valence-corrected chi connectivity index (χ1v) is 10.1. The molecule has 2 N–H and O–H groups in total. The van der Waals surface area contributed by atoms with Gasteiger partial charge in [-0.05, 0) is 32.6 Å². The number of allylic oxidation sites excluding steroid dienone is 1. The van der Waals surface area contributed by atoms with E-state index in [0.29, 0.717) is 17.9 Å². The molecule has 3 aliphatic rings. The van der Waals surface area contributed by atoms with Gasteiger partial charge in [0.1, 0.15) is 6.04 Å². The number of nitrogens with zero attached hydrogens (tertiary/aromatic N) is 3. The minimum Gasteiger partial charge on any atom is -0.375 e. The quantitative estimate of drug-likeness (QED) is 0.469. The van der Waals surface area contributed by atoms with Gasteiger partial charge in [-0.25, -0.2) is 10.3 Å². The molecule has 3 heterocycles. The zero-order valence-corrected chi connectivity index (χ0v) is 15.9. The molecule has 2 bridgehead atoms. The van der Waals surface area contributed by atoms with E-state index in [-0.39, 0.29) is 12.6 Å². The molecule has 0 unspecified atom stereocenters. The van der Waals surface area contributed by atoms with Gasteiger partial charge in [-0.15, -0.1) is 4.28 Å². The Morgan fingerprint density at radius 1 is 1.26 bits per heavy atom. The third-order valence-electron chi connectivity index (χ3n) is 5.11. The number of hydroxylamine groups is 3. The molecular weight excluding hydrogens is 380 g/mol. The number of carbonyl (C=O) groups is 2. The highest BCUT2D eigenvalue weighted by Gasteiger charge is 2.49. The fraction of sp³-hybridized carbons (Fsp3) is 0.733. The Labute approximate surface area is 157 Å². The second kappa shape index (κ2) is 7.62. The fourth-order valence-electron chi connectivity index (χ4n) is 3.67. The summed E-state index contributed by atoms with van der Waals surface area (Å²) in [6.07, 6.45) is 2.09. The summed E-state index contributed by atoms with van der Waals surface area (Å²) in [5.74, 6) is -0.460. The molecule has 0 saturated carbocycles. The molecule has 3 fully saturated rings. The second-order valence-corrected chi connectivity index (χ2v) is 8.02. The summed E-state index contributed by atoms with van der Waals surface area (Å²) in [6, 6.07) is -2.08. The SMILES string of the molecule is C=C(C)N1CCC(ONC(=O)[C@@H]2CC[C@@H]3CN2C(=O)N3OS(=O)(=O)O)CC1. The summed E-state index contributed by atoms with van der Waals surface area (Å²) in [5, 5.41) is 0.608. The Morgan fingerprint density at radius 3 is 2.52 bits per heavy atom. The van der Waals surface area contributed by atoms with Gasteiger partial charge in [0.2, 0.25) is 0 Å². The number of nitrogens with one attached hydrogen (secondary N) is 1. The molecule has 3 saturated heterocycles. The molecule has 3 aliphatic heterocycles. The van der Waals surface area contributed by atoms with Crippen LogP contribution >= 0.6 is 0 Å². The van der Waals surface area contributed by atoms with E-state index in [2.05, 4.69) is 21.2 Å². The lowest BCUT2D eigenvalue weighted by Crippen LogP contribution is -2.50. The summed E-state index contributed by atoms with van der Waals surface area (Å²) in [6.45, 7) is 7.59. The normalized spacial score (nSPS) is 26.4. The third kappa shape index (κ3) is 4.51. The highest BCUT2D eigenvalue weighted by Crippen LogP contribution is 2.30. The Hall–Kier alpha value is -1.89. The number of hydrogen-bond donors (Lipinski definition) is 2. The van der Waals surface area contributed by atoms with Crippen molar-refractivity contribution in [3.8, 4) is 0 Å². The summed E-state index contributed by atoms with van der Waals surface area (Å²) in [4.78, 5) is 33.6. The zero-order chi connectivity index (χ0) is 19.8. The topological polar surface area (TPSA) is 129 Å². The first-order valence-electron chi connectivity index (χ1n) is 8.78. The van der Waals surface area contributed by atoms with E-state index >= 15 is 0 Å². The van der Waals surface area contributed by atoms with Crippen LogP contribution in [0.15, 0.2) is 12.3 Å². The minimum absolute atomic E-state index is 0.116. The van der Waals surface area contributed by atoms with Crippen LogP contribution in [0.2, 0.25) is 0 Å². The van der Waals surface area contributed by atoms with Gasteiger partial charge in [-0.3, -0.25) is 14.2 Å². The zero-order valence-electron chi connectivity index (χ0n) is 15.0. The van der Waals surface area contributed by atoms with Crippen molar-refractivity contribution in [3.63, 3.8) is 0 Å². The second-order valence-electron chi connectivity index (χ2n) is 7.02. The molecule has 152 valence electrons. The van der Waals surface area contributed by atoms with Crippen molar-refractivity contribution in [2.75, 3.05) is 19.6 Å². The first kappa shape index (κ1) is 19.9. The standard InChI is InChI=1S/C15H24N4O7S/c1-10(2)17-7-5-12(6-8-17)25-16-14(20)13-4-3-11-9-18(13)15(21)19(11)26-27(22,23)24/h11-13H,1,3-9H2,2H3,(H,16,20)(H,22,23,24)/t11-,13+/m1/s1. The van der Waals surface area contributed by atoms with Crippen molar-refractivity contribution in [1.29, 1.82) is 0 Å². The Morgan fingerprint density at radius 2 is 1.93 bits per heavy atom. The van der Waals surface area contributed by atoms with Crippen LogP contribution in [-0.4, -0.2) is 77.6 Å². The predicted octanol–water partition coefficient (Wildman–Crippen LogP) is 0.0352. The van der Waals surface area contributed by atoms with E-state index in [0.717, 1.165) is 31.6 Å². The Bertz CT molecular complexity index is 720. The van der Waals surface area contributed by atoms with Gasteiger partial charge in [-0.2, -0.15) is 13.5 Å². The summed E-state index contributed by atoms with van der Waals surface area (Å²) >= 11 is 0. The van der Waals surface area contributed by atoms with Gasteiger partial charge in [0, 0.05) is 25.3 Å². The van der Waals surface area contributed by atoms with Crippen LogP contribution in [0.3, 0.4) is 0 Å². The molecule has 3 rings (SSSR count). The highest BCUT2D eigenvalue weighted by atomic mass is 32.3. The number of rotatable bonds is 6. The number of likely N-dealkylation sites (tertiary alicyclic amines) is 1. The van der Waals surface area contributed by atoms with Crippen LogP contribution in [-0.2, 0) is 24.3 Å². The molecule has 3 amide bonds. The number of carbonyl (C=O) groups excluding carboxylic acids is 2. The summed E-state index contributed by atoms with van der Waals surface area (Å²) < 4.78 is 34.9. The van der Waals surface area contributed by atoms with Gasteiger partial charge in [-0.1, -0.05) is 6.58 Å². The van der Waals surface area contributed by atoms with Gasteiger partial charge in [0.25, 0.3) is 5.91 Å². The Kier molecular flexibility index (Phi) is 5.60. The first-order chi connectivity index (χ1) is 12.7. The van der Waals surface area contributed by atoms with E-state index in [4.69, 9.17) is 9.39 Å². The fourth-order valence-corrected chi connectivity index (χ4v) is 4.06. The molecule has 12 heteroatoms. The molecule has 0 aromatic carbocycles. The molecular formula is C15H24N4O7S. The van der Waals surface area contributed by atoms with Crippen molar-refractivity contribution in [2.45, 2.75) is 50.8 Å². The molecule has 2 atom stereocenters. The third-order valence-corrected chi connectivity index (χ3v) is 5.46. The maximum atomic E-state index is 12.5. The number of fused-ring (bicyclic) bond motifs is 2. The molecule has 0 aliphatic carbocycles. The average molecular weight is 404 g/mol. The summed E-state index contributed by atoms with van der Waals surface area (Å²) in [5.41, 5.74) is 3.43. The van der Waals surface area contributed by atoms with Gasteiger partial charge in [0.15, 0.2) is 0 Å². The maximum Gasteiger partial charge on any atom is 0.418 e. The molecule has 11 nitrogen and oxygen atoms in total. The van der Waals surface area contributed by atoms with E-state index in [1.165, 1.54) is 4.90 Å². The summed E-state index contributed by atoms with van der Waals surface area (Å²) in [7, 11) is -4.81. The monoisotopic (exact) mass is 404 g/mol. The molecule has 27 heavy (non-hydrogen) atoms. The smallest absolute Gasteiger partial charge is 0.375 e. The van der Waals surface area contributed by atoms with Crippen LogP contribution in [0.25, 0.3) is 0 Å². The van der Waals surface area contributed by atoms with Crippen molar-refractivity contribution in [2.24, 2.45) is 0 Å². The van der Waals surface area contributed by atoms with Crippen LogP contribution in [0.5, 0.6) is 0 Å². The van der Waals surface area contributed by atoms with E-state index in [1.54, 1.807) is 0 Å². The lowest BCUT2D eigenvalue weighted by Gasteiger charge is -2.34. The maximum absolute atomic E-state index is 12.5. The van der Waals surface area contributed by atoms with Gasteiger partial charge < -0.3 is 9.80 Å². The number of amides is 3. The molecule has 0 aromatic heterocycles. The molecule has 0 aromatic rings. The Balaban J connectivity index is 1.51. The van der Waals surface area contributed by atoms with Crippen LogP contribution in [0.4, 0.5) is 4.79 Å². The lowest BCUT2D eigenvalue weighted by molar-refractivity contribution is -0.145. The average Bonchev–Trinajstić information content (AvgIpc) is 2.83. The van der Waals surface area contributed by atoms with Crippen LogP contribution in [0.1, 0.15) is 32.6 Å². The van der Waals surface area contributed by atoms with Gasteiger partial charge in [0.05, 0.1) is 12.1 Å². The van der Waals surface area contributed by atoms with E-state index in [1.807, 2.05) is 6.92 Å². The molecule has 0 radical (unpaired) electrons. The van der Waals surface area contributed by atoms with Crippen molar-refractivity contribution in [3.05, 3.63) is 12.3 Å².